The number of likely N-dealkylation sites (tertiary alicyclic amines) is 3. The summed E-state index contributed by atoms with van der Waals surface area (Å²) in [4.78, 5) is 43.6. The quantitative estimate of drug-likeness (QED) is 0.482. The zero-order chi connectivity index (χ0) is 27.7. The van der Waals surface area contributed by atoms with Gasteiger partial charge in [-0.15, -0.1) is 11.3 Å². The molecule has 10 nitrogen and oxygen atoms in total. The number of rotatable bonds is 8. The van der Waals surface area contributed by atoms with Gasteiger partial charge in [-0.05, 0) is 61.8 Å². The standard InChI is InChI=1S/C26H34ClN5O5S2/c1-17(33)28-20-8-11-30(14-20)15-21-4-2-10-32(21)24(34)16-31-9-3-5-22(26(31)35)29-39(36,37)25-13-18-12-19(27)6-7-23(18)38-25/h6-7,12-13,20-22,29H,2-5,8-11,14-16H2,1H3,(H,28,33). The van der Waals surface area contributed by atoms with Gasteiger partial charge in [0, 0.05) is 61.5 Å². The Morgan fingerprint density at radius 2 is 1.90 bits per heavy atom. The summed E-state index contributed by atoms with van der Waals surface area (Å²) < 4.78 is 29.7. The van der Waals surface area contributed by atoms with Crippen LogP contribution in [0.5, 0.6) is 0 Å². The Morgan fingerprint density at radius 3 is 2.69 bits per heavy atom. The van der Waals surface area contributed by atoms with E-state index < -0.39 is 16.1 Å². The van der Waals surface area contributed by atoms with E-state index >= 15 is 0 Å². The summed E-state index contributed by atoms with van der Waals surface area (Å²) in [6.45, 7) is 4.95. The van der Waals surface area contributed by atoms with Gasteiger partial charge in [0.15, 0.2) is 0 Å². The molecule has 3 aliphatic heterocycles. The topological polar surface area (TPSA) is 119 Å². The molecule has 3 unspecified atom stereocenters. The lowest BCUT2D eigenvalue weighted by Gasteiger charge is -2.34. The second kappa shape index (κ2) is 11.7. The molecular formula is C26H34ClN5O5S2. The summed E-state index contributed by atoms with van der Waals surface area (Å²) in [7, 11) is -3.92. The molecule has 0 saturated carbocycles. The van der Waals surface area contributed by atoms with Gasteiger partial charge < -0.3 is 15.1 Å². The second-order valence-electron chi connectivity index (χ2n) is 10.7. The van der Waals surface area contributed by atoms with Crippen molar-refractivity contribution in [2.45, 2.75) is 61.4 Å². The molecule has 0 spiro atoms. The van der Waals surface area contributed by atoms with Gasteiger partial charge in [-0.2, -0.15) is 4.72 Å². The Kier molecular flexibility index (Phi) is 8.48. The maximum Gasteiger partial charge on any atom is 0.250 e. The number of sulfonamides is 1. The first-order chi connectivity index (χ1) is 18.6. The molecule has 5 rings (SSSR count). The molecule has 13 heteroatoms. The Morgan fingerprint density at radius 1 is 1.10 bits per heavy atom. The lowest BCUT2D eigenvalue weighted by molar-refractivity contribution is -0.143. The number of nitrogens with one attached hydrogen (secondary N) is 2. The highest BCUT2D eigenvalue weighted by Gasteiger charge is 2.37. The normalized spacial score (nSPS) is 24.6. The van der Waals surface area contributed by atoms with Gasteiger partial charge in [-0.25, -0.2) is 8.42 Å². The van der Waals surface area contributed by atoms with E-state index in [4.69, 9.17) is 11.6 Å². The highest BCUT2D eigenvalue weighted by Crippen LogP contribution is 2.31. The third-order valence-corrected chi connectivity index (χ3v) is 11.0. The van der Waals surface area contributed by atoms with Gasteiger partial charge in [-0.3, -0.25) is 19.3 Å². The summed E-state index contributed by atoms with van der Waals surface area (Å²) in [5.41, 5.74) is 0. The number of nitrogens with zero attached hydrogens (tertiary/aromatic N) is 3. The first-order valence-corrected chi connectivity index (χ1v) is 16.1. The average molecular weight is 596 g/mol. The predicted octanol–water partition coefficient (Wildman–Crippen LogP) is 2.03. The Hall–Kier alpha value is -2.25. The fourth-order valence-corrected chi connectivity index (χ4v) is 8.68. The van der Waals surface area contributed by atoms with Crippen molar-refractivity contribution in [2.75, 3.05) is 39.3 Å². The highest BCUT2D eigenvalue weighted by atomic mass is 35.5. The van der Waals surface area contributed by atoms with Crippen molar-refractivity contribution in [1.82, 2.24) is 24.7 Å². The number of halogens is 1. The van der Waals surface area contributed by atoms with Crippen LogP contribution in [-0.4, -0.2) is 98.2 Å². The van der Waals surface area contributed by atoms with E-state index in [1.807, 2.05) is 4.90 Å². The van der Waals surface area contributed by atoms with Crippen LogP contribution in [-0.2, 0) is 24.4 Å². The van der Waals surface area contributed by atoms with Crippen molar-refractivity contribution < 1.29 is 22.8 Å². The van der Waals surface area contributed by atoms with E-state index in [0.29, 0.717) is 31.0 Å². The Labute approximate surface area is 237 Å². The number of hydrogen-bond donors (Lipinski definition) is 2. The molecule has 39 heavy (non-hydrogen) atoms. The number of carbonyl (C=O) groups is 3. The summed E-state index contributed by atoms with van der Waals surface area (Å²) in [5.74, 6) is -0.496. The minimum atomic E-state index is -3.92. The SMILES string of the molecule is CC(=O)NC1CCN(CC2CCCN2C(=O)CN2CCCC(NS(=O)(=O)c3cc4cc(Cl)ccc4s3)C2=O)C1. The summed E-state index contributed by atoms with van der Waals surface area (Å²) in [5, 5.41) is 4.22. The molecule has 2 N–H and O–H groups in total. The number of hydrogen-bond acceptors (Lipinski definition) is 7. The molecule has 3 aliphatic rings. The average Bonchev–Trinajstić information content (AvgIpc) is 3.61. The monoisotopic (exact) mass is 595 g/mol. The first kappa shape index (κ1) is 28.3. The van der Waals surface area contributed by atoms with Crippen LogP contribution in [0, 0.1) is 0 Å². The lowest BCUT2D eigenvalue weighted by Crippen LogP contribution is -2.55. The van der Waals surface area contributed by atoms with Crippen LogP contribution in [0.15, 0.2) is 28.5 Å². The van der Waals surface area contributed by atoms with Crippen LogP contribution in [0.4, 0.5) is 0 Å². The summed E-state index contributed by atoms with van der Waals surface area (Å²) in [6.07, 6.45) is 3.71. The number of fused-ring (bicyclic) bond motifs is 1. The number of piperidine rings is 1. The van der Waals surface area contributed by atoms with E-state index in [0.717, 1.165) is 60.3 Å². The van der Waals surface area contributed by atoms with Gasteiger partial charge in [0.1, 0.15) is 10.3 Å². The van der Waals surface area contributed by atoms with E-state index in [2.05, 4.69) is 14.9 Å². The van der Waals surface area contributed by atoms with Crippen molar-refractivity contribution in [3.05, 3.63) is 29.3 Å². The molecule has 1 aromatic carbocycles. The molecule has 3 amide bonds. The van der Waals surface area contributed by atoms with E-state index in [1.165, 1.54) is 11.8 Å². The molecule has 3 atom stereocenters. The molecule has 4 heterocycles. The number of amides is 3. The van der Waals surface area contributed by atoms with Crippen molar-refractivity contribution in [3.63, 3.8) is 0 Å². The molecular weight excluding hydrogens is 562 g/mol. The maximum atomic E-state index is 13.3. The molecule has 0 bridgehead atoms. The number of benzene rings is 1. The first-order valence-electron chi connectivity index (χ1n) is 13.4. The Bertz CT molecular complexity index is 1370. The van der Waals surface area contributed by atoms with Crippen molar-refractivity contribution in [2.24, 2.45) is 0 Å². The second-order valence-corrected chi connectivity index (χ2v) is 14.1. The fourth-order valence-electron chi connectivity index (χ4n) is 5.88. The van der Waals surface area contributed by atoms with E-state index in [9.17, 15) is 22.8 Å². The van der Waals surface area contributed by atoms with Gasteiger partial charge in [0.05, 0.1) is 6.54 Å². The smallest absolute Gasteiger partial charge is 0.250 e. The fraction of sp³-hybridized carbons (Fsp3) is 0.577. The lowest BCUT2D eigenvalue weighted by atomic mass is 10.1. The van der Waals surface area contributed by atoms with Gasteiger partial charge in [0.25, 0.3) is 10.0 Å². The van der Waals surface area contributed by atoms with Crippen LogP contribution in [0.3, 0.4) is 0 Å². The van der Waals surface area contributed by atoms with Gasteiger partial charge in [-0.1, -0.05) is 11.6 Å². The highest BCUT2D eigenvalue weighted by molar-refractivity contribution is 7.91. The van der Waals surface area contributed by atoms with Crippen LogP contribution in [0.1, 0.15) is 39.0 Å². The van der Waals surface area contributed by atoms with Crippen LogP contribution >= 0.6 is 22.9 Å². The Balaban J connectivity index is 1.18. The minimum absolute atomic E-state index is 0.0277. The molecule has 0 aliphatic carbocycles. The third-order valence-electron chi connectivity index (χ3n) is 7.72. The van der Waals surface area contributed by atoms with E-state index in [1.54, 1.807) is 24.3 Å². The van der Waals surface area contributed by atoms with Crippen molar-refractivity contribution >= 4 is 60.8 Å². The largest absolute Gasteiger partial charge is 0.352 e. The van der Waals surface area contributed by atoms with Gasteiger partial charge in [0.2, 0.25) is 17.7 Å². The van der Waals surface area contributed by atoms with Gasteiger partial charge >= 0.3 is 0 Å². The van der Waals surface area contributed by atoms with Crippen LogP contribution in [0.2, 0.25) is 5.02 Å². The number of carbonyl (C=O) groups excluding carboxylic acids is 3. The van der Waals surface area contributed by atoms with Crippen LogP contribution in [0.25, 0.3) is 10.1 Å². The zero-order valence-electron chi connectivity index (χ0n) is 21.9. The zero-order valence-corrected chi connectivity index (χ0v) is 24.3. The predicted molar refractivity (Wildman–Crippen MR) is 150 cm³/mol. The summed E-state index contributed by atoms with van der Waals surface area (Å²) >= 11 is 7.16. The van der Waals surface area contributed by atoms with E-state index in [-0.39, 0.29) is 40.6 Å². The molecule has 212 valence electrons. The van der Waals surface area contributed by atoms with Crippen LogP contribution < -0.4 is 10.0 Å². The number of thiophene rings is 1. The third kappa shape index (κ3) is 6.57. The molecule has 2 aromatic rings. The maximum absolute atomic E-state index is 13.3. The molecule has 0 radical (unpaired) electrons. The van der Waals surface area contributed by atoms with Crippen molar-refractivity contribution in [1.29, 1.82) is 0 Å². The molecule has 3 fully saturated rings. The summed E-state index contributed by atoms with van der Waals surface area (Å²) in [6, 6.07) is 6.07. The molecule has 1 aromatic heterocycles. The minimum Gasteiger partial charge on any atom is -0.352 e. The molecule has 3 saturated heterocycles. The van der Waals surface area contributed by atoms with Crippen molar-refractivity contribution in [3.8, 4) is 0 Å².